The summed E-state index contributed by atoms with van der Waals surface area (Å²) in [7, 11) is 3.36. The Morgan fingerprint density at radius 3 is 2.65 bits per heavy atom. The monoisotopic (exact) mass is 705 g/mol. The van der Waals surface area contributed by atoms with Crippen LogP contribution in [0.15, 0.2) is 78.8 Å². The molecule has 264 valence electrons. The topological polar surface area (TPSA) is 130 Å². The van der Waals surface area contributed by atoms with Crippen LogP contribution in [-0.4, -0.2) is 52.3 Å². The zero-order chi connectivity index (χ0) is 36.7. The van der Waals surface area contributed by atoms with Crippen LogP contribution in [0.4, 0.5) is 10.6 Å². The van der Waals surface area contributed by atoms with E-state index in [1.165, 1.54) is 21.6 Å². The van der Waals surface area contributed by atoms with E-state index in [2.05, 4.69) is 67.6 Å². The van der Waals surface area contributed by atoms with Gasteiger partial charge in [0.15, 0.2) is 0 Å². The summed E-state index contributed by atoms with van der Waals surface area (Å²) in [6.07, 6.45) is 4.72. The van der Waals surface area contributed by atoms with E-state index in [1.54, 1.807) is 55.5 Å². The van der Waals surface area contributed by atoms with Gasteiger partial charge in [-0.25, -0.2) is 14.8 Å². The molecule has 0 bridgehead atoms. The molecule has 3 atom stereocenters. The molecule has 2 aromatic carbocycles. The van der Waals surface area contributed by atoms with Crippen molar-refractivity contribution < 1.29 is 18.9 Å². The number of ketones is 1. The maximum atomic E-state index is 13.3. The van der Waals surface area contributed by atoms with Crippen LogP contribution in [0.25, 0.3) is 11.3 Å². The molecule has 0 aliphatic carbocycles. The summed E-state index contributed by atoms with van der Waals surface area (Å²) in [5.74, 6) is 0.551. The van der Waals surface area contributed by atoms with Gasteiger partial charge in [0, 0.05) is 54.0 Å². The molecule has 11 nitrogen and oxygen atoms in total. The molecule has 1 N–H and O–H groups in total. The highest BCUT2D eigenvalue weighted by molar-refractivity contribution is 7.10. The molecular weight excluding hydrogens is 661 g/mol. The number of nitrogens with zero attached hydrogens (tertiary/aromatic N) is 7. The van der Waals surface area contributed by atoms with Crippen LogP contribution in [0.1, 0.15) is 72.2 Å². The molecule has 0 radical (unpaired) electrons. The number of hydrogen-bond donors (Lipinski definition) is 1. The van der Waals surface area contributed by atoms with Crippen LogP contribution in [0, 0.1) is 25.2 Å². The summed E-state index contributed by atoms with van der Waals surface area (Å²) < 4.78 is 9.52. The fourth-order valence-electron chi connectivity index (χ4n) is 6.22. The smallest absolute Gasteiger partial charge is 0.412 e. The van der Waals surface area contributed by atoms with Gasteiger partial charge in [0.25, 0.3) is 6.33 Å². The van der Waals surface area contributed by atoms with Gasteiger partial charge in [0.05, 0.1) is 28.9 Å². The quantitative estimate of drug-likeness (QED) is 0.131. The molecule has 0 aliphatic heterocycles. The number of ether oxygens (including phenoxy) is 1. The number of rotatable bonds is 14. The third-order valence-electron chi connectivity index (χ3n) is 9.45. The van der Waals surface area contributed by atoms with Crippen molar-refractivity contribution in [3.05, 3.63) is 112 Å². The molecule has 0 spiro atoms. The first-order valence-corrected chi connectivity index (χ1v) is 17.8. The third-order valence-corrected chi connectivity index (χ3v) is 10.5. The summed E-state index contributed by atoms with van der Waals surface area (Å²) in [6.45, 7) is 11.3. The molecule has 0 saturated carbocycles. The molecule has 0 aliphatic rings. The van der Waals surface area contributed by atoms with E-state index >= 15 is 0 Å². The highest BCUT2D eigenvalue weighted by Gasteiger charge is 2.40. The van der Waals surface area contributed by atoms with Crippen molar-refractivity contribution in [1.82, 2.24) is 25.1 Å². The second kappa shape index (κ2) is 16.2. The van der Waals surface area contributed by atoms with Gasteiger partial charge in [0.1, 0.15) is 18.1 Å². The first kappa shape index (κ1) is 37.0. The minimum absolute atomic E-state index is 0.0118. The van der Waals surface area contributed by atoms with E-state index in [0.717, 1.165) is 21.8 Å². The first-order valence-electron chi connectivity index (χ1n) is 16.9. The number of thiazole rings is 1. The van der Waals surface area contributed by atoms with Crippen molar-refractivity contribution in [2.75, 3.05) is 25.5 Å². The molecule has 51 heavy (non-hydrogen) atoms. The van der Waals surface area contributed by atoms with Gasteiger partial charge < -0.3 is 10.1 Å². The predicted molar refractivity (Wildman–Crippen MR) is 197 cm³/mol. The predicted octanol–water partition coefficient (Wildman–Crippen LogP) is 6.45. The van der Waals surface area contributed by atoms with Gasteiger partial charge >= 0.3 is 6.09 Å². The SMILES string of the molecule is CNCC(=O)CCc1cccnc1N(C)C(=O)OC(C)[n+]1cnn(C[C@@](C)(c2cc(C)ccc2C)[C@@H](C)c2nc(-c3ccc(C#N)cc3)cs2)c1. The van der Waals surface area contributed by atoms with Gasteiger partial charge in [-0.05, 0) is 62.2 Å². The standard InChI is InChI=1S/C39H45N8O3S/c1-26-10-11-27(2)34(19-26)39(5,28(3)37-44-35(22-51-37)31-14-12-30(20-40)13-15-31)23-47-25-46(24-43-47)29(4)50-38(49)45(7)36-32(9-8-18-42-36)16-17-33(48)21-41-6/h8-15,18-19,22,24-25,28-29,41H,16-17,21,23H2,1-7H3/q+1/t28-,29?,39+/m0/s1. The molecule has 3 heterocycles. The number of carbonyl (C=O) groups is 2. The number of amides is 1. The molecule has 1 unspecified atom stereocenters. The van der Waals surface area contributed by atoms with E-state index < -0.39 is 17.7 Å². The van der Waals surface area contributed by atoms with E-state index in [-0.39, 0.29) is 11.7 Å². The minimum atomic E-state index is -0.656. The lowest BCUT2D eigenvalue weighted by Crippen LogP contribution is -2.42. The maximum Gasteiger partial charge on any atom is 0.418 e. The first-order chi connectivity index (χ1) is 24.4. The van der Waals surface area contributed by atoms with Gasteiger partial charge in [-0.1, -0.05) is 55.8 Å². The van der Waals surface area contributed by atoms with E-state index in [1.807, 2.05) is 41.3 Å². The Kier molecular flexibility index (Phi) is 11.7. The molecule has 1 amide bonds. The number of anilines is 1. The molecule has 3 aromatic heterocycles. The second-order valence-electron chi connectivity index (χ2n) is 13.2. The summed E-state index contributed by atoms with van der Waals surface area (Å²) in [5, 5.41) is 19.9. The number of carbonyl (C=O) groups excluding carboxylic acids is 2. The number of aryl methyl sites for hydroxylation is 3. The highest BCUT2D eigenvalue weighted by atomic mass is 32.1. The van der Waals surface area contributed by atoms with E-state index in [9.17, 15) is 14.9 Å². The van der Waals surface area contributed by atoms with Crippen molar-refractivity contribution >= 4 is 29.0 Å². The van der Waals surface area contributed by atoms with Crippen LogP contribution >= 0.6 is 11.3 Å². The fourth-order valence-corrected chi connectivity index (χ4v) is 7.25. The van der Waals surface area contributed by atoms with E-state index in [4.69, 9.17) is 14.8 Å². The fraction of sp³-hybridized carbons (Fsp3) is 0.359. The zero-order valence-corrected chi connectivity index (χ0v) is 31.1. The average Bonchev–Trinajstić information content (AvgIpc) is 3.82. The normalized spacial score (nSPS) is 13.5. The maximum absolute atomic E-state index is 13.3. The second-order valence-corrected chi connectivity index (χ2v) is 14.1. The number of nitrogens with one attached hydrogen (secondary N) is 1. The molecule has 0 fully saturated rings. The molecule has 0 saturated heterocycles. The number of Topliss-reactive ketones (excluding diaryl/α,β-unsaturated/α-hetero) is 1. The van der Waals surface area contributed by atoms with Crippen molar-refractivity contribution in [2.45, 2.75) is 71.6 Å². The molecule has 5 aromatic rings. The molecular formula is C39H45N8O3S+. The van der Waals surface area contributed by atoms with Crippen molar-refractivity contribution in [3.63, 3.8) is 0 Å². The summed E-state index contributed by atoms with van der Waals surface area (Å²) in [4.78, 5) is 36.3. The van der Waals surface area contributed by atoms with E-state index in [0.29, 0.717) is 37.3 Å². The number of pyridine rings is 1. The molecule has 12 heteroatoms. The highest BCUT2D eigenvalue weighted by Crippen LogP contribution is 2.43. The van der Waals surface area contributed by atoms with Crippen LogP contribution in [0.3, 0.4) is 0 Å². The Bertz CT molecular complexity index is 2030. The number of hydrogen-bond acceptors (Lipinski definition) is 9. The number of nitriles is 1. The van der Waals surface area contributed by atoms with Crippen molar-refractivity contribution in [2.24, 2.45) is 0 Å². The number of benzene rings is 2. The Morgan fingerprint density at radius 2 is 1.92 bits per heavy atom. The third kappa shape index (κ3) is 8.56. The Labute approximate surface area is 303 Å². The Balaban J connectivity index is 1.35. The largest absolute Gasteiger partial charge is 0.418 e. The summed E-state index contributed by atoms with van der Waals surface area (Å²) in [6, 6.07) is 19.9. The average molecular weight is 706 g/mol. The van der Waals surface area contributed by atoms with Crippen LogP contribution in [-0.2, 0) is 27.9 Å². The van der Waals surface area contributed by atoms with Crippen molar-refractivity contribution in [1.29, 1.82) is 5.26 Å². The summed E-state index contributed by atoms with van der Waals surface area (Å²) in [5.41, 5.74) is 6.42. The lowest BCUT2D eigenvalue weighted by Gasteiger charge is -2.35. The van der Waals surface area contributed by atoms with Crippen molar-refractivity contribution in [3.8, 4) is 17.3 Å². The minimum Gasteiger partial charge on any atom is -0.412 e. The number of aromatic nitrogens is 5. The van der Waals surface area contributed by atoms with Gasteiger partial charge in [-0.3, -0.25) is 9.69 Å². The Hall–Kier alpha value is -5.25. The Morgan fingerprint density at radius 1 is 1.16 bits per heavy atom. The van der Waals surface area contributed by atoms with Crippen LogP contribution < -0.4 is 14.8 Å². The van der Waals surface area contributed by atoms with Gasteiger partial charge in [0.2, 0.25) is 12.6 Å². The molecule has 5 rings (SSSR count). The van der Waals surface area contributed by atoms with Crippen LogP contribution in [0.2, 0.25) is 0 Å². The van der Waals surface area contributed by atoms with Gasteiger partial charge in [-0.2, -0.15) is 9.83 Å². The lowest BCUT2D eigenvalue weighted by molar-refractivity contribution is -0.753. The number of likely N-dealkylation sites (N-methyl/N-ethyl adjacent to an activating group) is 1. The van der Waals surface area contributed by atoms with Crippen LogP contribution in [0.5, 0.6) is 0 Å². The van der Waals surface area contributed by atoms with Gasteiger partial charge in [-0.15, -0.1) is 16.0 Å². The summed E-state index contributed by atoms with van der Waals surface area (Å²) >= 11 is 1.63. The lowest BCUT2D eigenvalue weighted by atomic mass is 9.70. The zero-order valence-electron chi connectivity index (χ0n) is 30.3.